The average molecular weight is 428 g/mol. The molecule has 0 amide bonds. The number of rotatable bonds is 7. The molecule has 1 aliphatic carbocycles. The van der Waals surface area contributed by atoms with Gasteiger partial charge in [-0.1, -0.05) is 6.07 Å². The van der Waals surface area contributed by atoms with Crippen molar-refractivity contribution in [2.75, 3.05) is 20.8 Å². The highest BCUT2D eigenvalue weighted by Gasteiger charge is 2.37. The predicted octanol–water partition coefficient (Wildman–Crippen LogP) is 3.31. The molecule has 164 valence electrons. The molecule has 31 heavy (non-hydrogen) atoms. The molecule has 0 saturated heterocycles. The number of carbonyl (C=O) groups is 3. The lowest BCUT2D eigenvalue weighted by atomic mass is 9.86. The molecule has 1 N–H and O–H groups in total. The van der Waals surface area contributed by atoms with E-state index in [1.807, 2.05) is 6.07 Å². The highest BCUT2D eigenvalue weighted by Crippen LogP contribution is 2.49. The van der Waals surface area contributed by atoms with E-state index in [1.54, 1.807) is 18.2 Å². The summed E-state index contributed by atoms with van der Waals surface area (Å²) in [6.45, 7) is 2.73. The molecule has 0 fully saturated rings. The second-order valence-corrected chi connectivity index (χ2v) is 7.28. The fourth-order valence-electron chi connectivity index (χ4n) is 4.02. The van der Waals surface area contributed by atoms with Crippen LogP contribution in [0.15, 0.2) is 30.3 Å². The maximum absolute atomic E-state index is 11.6. The van der Waals surface area contributed by atoms with Gasteiger partial charge < -0.3 is 24.1 Å². The molecule has 0 spiro atoms. The summed E-state index contributed by atoms with van der Waals surface area (Å²) in [4.78, 5) is 34.4. The molecule has 0 radical (unpaired) electrons. The van der Waals surface area contributed by atoms with Gasteiger partial charge in [0.1, 0.15) is 5.75 Å². The molecule has 0 heterocycles. The first kappa shape index (κ1) is 22.1. The number of methoxy groups -OCH3 is 2. The summed E-state index contributed by atoms with van der Waals surface area (Å²) < 4.78 is 21.3. The Hall–Kier alpha value is -3.55. The van der Waals surface area contributed by atoms with E-state index in [0.717, 1.165) is 16.7 Å². The predicted molar refractivity (Wildman–Crippen MR) is 110 cm³/mol. The van der Waals surface area contributed by atoms with E-state index in [9.17, 15) is 19.5 Å². The number of hydrogen-bond donors (Lipinski definition) is 1. The lowest BCUT2D eigenvalue weighted by Crippen LogP contribution is -2.15. The van der Waals surface area contributed by atoms with Crippen molar-refractivity contribution in [1.29, 1.82) is 0 Å². The third-order valence-electron chi connectivity index (χ3n) is 5.36. The maximum atomic E-state index is 11.6. The topological polar surface area (TPSA) is 108 Å². The summed E-state index contributed by atoms with van der Waals surface area (Å²) >= 11 is 0. The van der Waals surface area contributed by atoms with Gasteiger partial charge in [-0.2, -0.15) is 0 Å². The molecule has 2 unspecified atom stereocenters. The van der Waals surface area contributed by atoms with E-state index in [-0.39, 0.29) is 24.0 Å². The Bertz CT molecular complexity index is 1030. The van der Waals surface area contributed by atoms with Crippen LogP contribution in [0.3, 0.4) is 0 Å². The molecule has 3 rings (SSSR count). The largest absolute Gasteiger partial charge is 0.496 e. The lowest BCUT2D eigenvalue weighted by molar-refractivity contribution is -0.141. The smallest absolute Gasteiger partial charge is 0.335 e. The third-order valence-corrected chi connectivity index (χ3v) is 5.36. The van der Waals surface area contributed by atoms with Gasteiger partial charge in [0, 0.05) is 19.8 Å². The number of fused-ring (bicyclic) bond motifs is 1. The molecule has 0 saturated carbocycles. The molecule has 0 aromatic heterocycles. The van der Waals surface area contributed by atoms with E-state index < -0.39 is 17.9 Å². The molecule has 0 aliphatic heterocycles. The number of hydrogen-bond acceptors (Lipinski definition) is 7. The minimum Gasteiger partial charge on any atom is -0.496 e. The number of ether oxygens (including phenoxy) is 4. The van der Waals surface area contributed by atoms with Crippen LogP contribution in [0.5, 0.6) is 17.2 Å². The Kier molecular flexibility index (Phi) is 6.48. The van der Waals surface area contributed by atoms with Crippen LogP contribution in [-0.2, 0) is 20.7 Å². The standard InChI is InChI=1S/C23H24O8/c1-12(24)30-11-19-16(14-5-6-20(31-13(2)25)22(8-14)29-4)10-18-17(19)7-15(23(26)27)9-21(18)28-3/h5-9,16,19H,10-11H2,1-4H3,(H,26,27). The van der Waals surface area contributed by atoms with Crippen molar-refractivity contribution in [2.24, 2.45) is 0 Å². The van der Waals surface area contributed by atoms with Gasteiger partial charge in [0.15, 0.2) is 11.5 Å². The summed E-state index contributed by atoms with van der Waals surface area (Å²) in [5.74, 6) is -1.18. The van der Waals surface area contributed by atoms with Crippen LogP contribution in [0.1, 0.15) is 52.7 Å². The Morgan fingerprint density at radius 1 is 0.968 bits per heavy atom. The Balaban J connectivity index is 2.07. The molecule has 2 aromatic rings. The summed E-state index contributed by atoms with van der Waals surface area (Å²) in [6.07, 6.45) is 0.556. The van der Waals surface area contributed by atoms with Gasteiger partial charge in [0.05, 0.1) is 26.4 Å². The Labute approximate surface area is 179 Å². The van der Waals surface area contributed by atoms with Gasteiger partial charge in [-0.15, -0.1) is 0 Å². The van der Waals surface area contributed by atoms with Gasteiger partial charge >= 0.3 is 17.9 Å². The van der Waals surface area contributed by atoms with Crippen molar-refractivity contribution < 1.29 is 38.4 Å². The van der Waals surface area contributed by atoms with Gasteiger partial charge in [0.2, 0.25) is 0 Å². The highest BCUT2D eigenvalue weighted by atomic mass is 16.6. The van der Waals surface area contributed by atoms with E-state index in [4.69, 9.17) is 18.9 Å². The normalized spacial score (nSPS) is 16.9. The zero-order valence-electron chi connectivity index (χ0n) is 17.8. The van der Waals surface area contributed by atoms with Crippen LogP contribution in [0.25, 0.3) is 0 Å². The quantitative estimate of drug-likeness (QED) is 0.529. The monoisotopic (exact) mass is 428 g/mol. The zero-order valence-corrected chi connectivity index (χ0v) is 17.8. The van der Waals surface area contributed by atoms with Crippen LogP contribution in [0.4, 0.5) is 0 Å². The second kappa shape index (κ2) is 9.07. The van der Waals surface area contributed by atoms with Crippen LogP contribution < -0.4 is 14.2 Å². The molecule has 2 atom stereocenters. The summed E-state index contributed by atoms with van der Waals surface area (Å²) in [5.41, 5.74) is 2.62. The lowest BCUT2D eigenvalue weighted by Gasteiger charge is -2.22. The Morgan fingerprint density at radius 3 is 2.26 bits per heavy atom. The van der Waals surface area contributed by atoms with Crippen molar-refractivity contribution in [3.8, 4) is 17.2 Å². The van der Waals surface area contributed by atoms with Crippen molar-refractivity contribution in [3.05, 3.63) is 52.6 Å². The van der Waals surface area contributed by atoms with Crippen molar-refractivity contribution in [1.82, 2.24) is 0 Å². The number of carboxylic acids is 1. The molecular formula is C23H24O8. The average Bonchev–Trinajstić information content (AvgIpc) is 3.09. The summed E-state index contributed by atoms with van der Waals surface area (Å²) in [7, 11) is 2.97. The van der Waals surface area contributed by atoms with Crippen LogP contribution in [-0.4, -0.2) is 43.8 Å². The number of carboxylic acid groups (broad SMARTS) is 1. The third kappa shape index (κ3) is 4.63. The molecule has 1 aliphatic rings. The Morgan fingerprint density at radius 2 is 1.68 bits per heavy atom. The van der Waals surface area contributed by atoms with Gasteiger partial charge in [0.25, 0.3) is 0 Å². The minimum atomic E-state index is -1.07. The van der Waals surface area contributed by atoms with Gasteiger partial charge in [-0.25, -0.2) is 4.79 Å². The highest BCUT2D eigenvalue weighted by molar-refractivity contribution is 5.89. The van der Waals surface area contributed by atoms with E-state index >= 15 is 0 Å². The minimum absolute atomic E-state index is 0.0905. The molecule has 8 nitrogen and oxygen atoms in total. The summed E-state index contributed by atoms with van der Waals surface area (Å²) in [6, 6.07) is 8.36. The zero-order chi connectivity index (χ0) is 22.7. The fourth-order valence-corrected chi connectivity index (χ4v) is 4.02. The molecule has 8 heteroatoms. The van der Waals surface area contributed by atoms with Crippen molar-refractivity contribution >= 4 is 17.9 Å². The fraction of sp³-hybridized carbons (Fsp3) is 0.348. The van der Waals surface area contributed by atoms with E-state index in [2.05, 4.69) is 0 Å². The van der Waals surface area contributed by atoms with Crippen molar-refractivity contribution in [2.45, 2.75) is 32.1 Å². The maximum Gasteiger partial charge on any atom is 0.335 e. The number of carbonyl (C=O) groups excluding carboxylic acids is 2. The molecule has 2 aromatic carbocycles. The molecular weight excluding hydrogens is 404 g/mol. The second-order valence-electron chi connectivity index (χ2n) is 7.28. The molecule has 0 bridgehead atoms. The van der Waals surface area contributed by atoms with E-state index in [0.29, 0.717) is 23.7 Å². The van der Waals surface area contributed by atoms with Gasteiger partial charge in [-0.05, 0) is 53.3 Å². The number of aromatic carboxylic acids is 1. The van der Waals surface area contributed by atoms with E-state index in [1.165, 1.54) is 34.1 Å². The first-order valence-electron chi connectivity index (χ1n) is 9.69. The number of benzene rings is 2. The van der Waals surface area contributed by atoms with Crippen LogP contribution in [0, 0.1) is 0 Å². The summed E-state index contributed by atoms with van der Waals surface area (Å²) in [5, 5.41) is 9.50. The SMILES string of the molecule is COc1cc(C2Cc3c(OC)cc(C(=O)O)cc3C2COC(C)=O)ccc1OC(C)=O. The van der Waals surface area contributed by atoms with Crippen molar-refractivity contribution in [3.63, 3.8) is 0 Å². The van der Waals surface area contributed by atoms with Gasteiger partial charge in [-0.3, -0.25) is 9.59 Å². The van der Waals surface area contributed by atoms with Crippen LogP contribution >= 0.6 is 0 Å². The first-order chi connectivity index (χ1) is 14.7. The van der Waals surface area contributed by atoms with Crippen LogP contribution in [0.2, 0.25) is 0 Å². The first-order valence-corrected chi connectivity index (χ1v) is 9.69. The number of esters is 2.